The fourth-order valence-corrected chi connectivity index (χ4v) is 1.45. The Morgan fingerprint density at radius 2 is 1.94 bits per heavy atom. The van der Waals surface area contributed by atoms with Crippen LogP contribution in [0.25, 0.3) is 0 Å². The van der Waals surface area contributed by atoms with E-state index in [0.29, 0.717) is 0 Å². The smallest absolute Gasteiger partial charge is 0.326 e. The Kier molecular flexibility index (Phi) is 4.92. The van der Waals surface area contributed by atoms with Gasteiger partial charge in [-0.3, -0.25) is 4.79 Å². The summed E-state index contributed by atoms with van der Waals surface area (Å²) < 4.78 is 0. The first kappa shape index (κ1) is 13.8. The minimum atomic E-state index is -1.10. The highest BCUT2D eigenvalue weighted by Gasteiger charge is 2.19. The predicted molar refractivity (Wildman–Crippen MR) is 66.2 cm³/mol. The first-order chi connectivity index (χ1) is 8.52. The number of nitrogens with one attached hydrogen (secondary N) is 1. The quantitative estimate of drug-likeness (QED) is 0.658. The minimum absolute atomic E-state index is 0.0827. The van der Waals surface area contributed by atoms with E-state index in [1.165, 1.54) is 18.2 Å². The number of carbonyl (C=O) groups is 2. The van der Waals surface area contributed by atoms with Gasteiger partial charge in [0.15, 0.2) is 0 Å². The first-order valence-corrected chi connectivity index (χ1v) is 5.44. The van der Waals surface area contributed by atoms with E-state index in [1.54, 1.807) is 12.1 Å². The Bertz CT molecular complexity index is 439. The molecule has 0 fully saturated rings. The van der Waals surface area contributed by atoms with Crippen LogP contribution in [0.3, 0.4) is 0 Å². The molecule has 0 heterocycles. The average molecular weight is 249 g/mol. The fourth-order valence-electron chi connectivity index (χ4n) is 1.45. The number of carbonyl (C=O) groups excluding carboxylic acids is 1. The average Bonchev–Trinajstić information content (AvgIpc) is 2.31. The molecule has 0 aliphatic carbocycles. The Balaban J connectivity index is 2.68. The molecule has 0 saturated carbocycles. The van der Waals surface area contributed by atoms with Gasteiger partial charge in [-0.2, -0.15) is 0 Å². The van der Waals surface area contributed by atoms with Crippen molar-refractivity contribution in [3.63, 3.8) is 0 Å². The van der Waals surface area contributed by atoms with E-state index in [2.05, 4.69) is 11.9 Å². The van der Waals surface area contributed by atoms with Gasteiger partial charge in [0.2, 0.25) is 5.91 Å². The second-order valence-corrected chi connectivity index (χ2v) is 3.82. The molecule has 0 saturated heterocycles. The Hall–Kier alpha value is -2.30. The third-order valence-electron chi connectivity index (χ3n) is 2.34. The van der Waals surface area contributed by atoms with Gasteiger partial charge in [-0.15, -0.1) is 6.58 Å². The Labute approximate surface area is 105 Å². The van der Waals surface area contributed by atoms with Crippen molar-refractivity contribution in [1.82, 2.24) is 5.32 Å². The van der Waals surface area contributed by atoms with E-state index >= 15 is 0 Å². The molecule has 18 heavy (non-hydrogen) atoms. The number of hydrogen-bond donors (Lipinski definition) is 3. The molecule has 0 radical (unpaired) electrons. The topological polar surface area (TPSA) is 86.6 Å². The lowest BCUT2D eigenvalue weighted by Gasteiger charge is -2.14. The standard InChI is InChI=1S/C13H15NO4/c1-2-3-12(16)14-11(13(17)18)8-9-4-6-10(15)7-5-9/h2,4-7,11,15H,1,3,8H2,(H,14,16)(H,17,18)/t11-/m1/s1. The lowest BCUT2D eigenvalue weighted by molar-refractivity contribution is -0.141. The zero-order valence-corrected chi connectivity index (χ0v) is 9.80. The van der Waals surface area contributed by atoms with Crippen molar-refractivity contribution in [3.05, 3.63) is 42.5 Å². The first-order valence-electron chi connectivity index (χ1n) is 5.44. The molecule has 0 aliphatic rings. The summed E-state index contributed by atoms with van der Waals surface area (Å²) in [6.45, 7) is 3.41. The maximum absolute atomic E-state index is 11.3. The molecular formula is C13H15NO4. The number of aliphatic carboxylic acids is 1. The van der Waals surface area contributed by atoms with Crippen LogP contribution in [0.2, 0.25) is 0 Å². The van der Waals surface area contributed by atoms with Gasteiger partial charge in [0, 0.05) is 12.8 Å². The highest BCUT2D eigenvalue weighted by molar-refractivity contribution is 5.84. The van der Waals surface area contributed by atoms with Crippen LogP contribution in [0, 0.1) is 0 Å². The highest BCUT2D eigenvalue weighted by Crippen LogP contribution is 2.11. The van der Waals surface area contributed by atoms with Crippen LogP contribution >= 0.6 is 0 Å². The van der Waals surface area contributed by atoms with Gasteiger partial charge in [-0.25, -0.2) is 4.79 Å². The van der Waals surface area contributed by atoms with Gasteiger partial charge in [0.1, 0.15) is 11.8 Å². The summed E-state index contributed by atoms with van der Waals surface area (Å²) in [5, 5.41) is 20.5. The van der Waals surface area contributed by atoms with Crippen LogP contribution in [0.5, 0.6) is 5.75 Å². The molecule has 1 amide bonds. The summed E-state index contributed by atoms with van der Waals surface area (Å²) in [6, 6.07) is 5.19. The number of amides is 1. The van der Waals surface area contributed by atoms with E-state index in [4.69, 9.17) is 10.2 Å². The molecular weight excluding hydrogens is 234 g/mol. The van der Waals surface area contributed by atoms with Crippen molar-refractivity contribution in [2.24, 2.45) is 0 Å². The summed E-state index contributed by atoms with van der Waals surface area (Å²) >= 11 is 0. The summed E-state index contributed by atoms with van der Waals surface area (Å²) in [6.07, 6.45) is 1.66. The SMILES string of the molecule is C=CCC(=O)N[C@H](Cc1ccc(O)cc1)C(=O)O. The summed E-state index contributed by atoms with van der Waals surface area (Å²) in [4.78, 5) is 22.3. The summed E-state index contributed by atoms with van der Waals surface area (Å²) in [7, 11) is 0. The maximum Gasteiger partial charge on any atom is 0.326 e. The number of phenolic OH excluding ortho intramolecular Hbond substituents is 1. The second-order valence-electron chi connectivity index (χ2n) is 3.82. The lowest BCUT2D eigenvalue weighted by atomic mass is 10.1. The molecule has 1 aromatic rings. The zero-order valence-electron chi connectivity index (χ0n) is 9.80. The van der Waals surface area contributed by atoms with Gasteiger partial charge >= 0.3 is 5.97 Å². The second kappa shape index (κ2) is 6.44. The molecule has 5 heteroatoms. The van der Waals surface area contributed by atoms with Crippen LogP contribution in [0.15, 0.2) is 36.9 Å². The third kappa shape index (κ3) is 4.29. The van der Waals surface area contributed by atoms with Crippen LogP contribution in [0.4, 0.5) is 0 Å². The summed E-state index contributed by atoms with van der Waals surface area (Å²) in [5.74, 6) is -1.36. The van der Waals surface area contributed by atoms with Crippen LogP contribution in [0.1, 0.15) is 12.0 Å². The molecule has 5 nitrogen and oxygen atoms in total. The van der Waals surface area contributed by atoms with Gasteiger partial charge in [0.05, 0.1) is 0 Å². The minimum Gasteiger partial charge on any atom is -0.508 e. The number of rotatable bonds is 6. The molecule has 3 N–H and O–H groups in total. The van der Waals surface area contributed by atoms with Crippen molar-refractivity contribution in [2.45, 2.75) is 18.9 Å². The van der Waals surface area contributed by atoms with Gasteiger partial charge in [0.25, 0.3) is 0 Å². The molecule has 0 spiro atoms. The molecule has 1 aromatic carbocycles. The Morgan fingerprint density at radius 1 is 1.33 bits per heavy atom. The number of carboxylic acids is 1. The molecule has 0 aromatic heterocycles. The van der Waals surface area contributed by atoms with Gasteiger partial charge in [-0.1, -0.05) is 18.2 Å². The van der Waals surface area contributed by atoms with E-state index in [9.17, 15) is 9.59 Å². The van der Waals surface area contributed by atoms with E-state index in [0.717, 1.165) is 5.56 Å². The van der Waals surface area contributed by atoms with Crippen LogP contribution in [-0.2, 0) is 16.0 Å². The molecule has 1 rings (SSSR count). The largest absolute Gasteiger partial charge is 0.508 e. The number of carboxylic acid groups (broad SMARTS) is 1. The number of phenols is 1. The molecule has 96 valence electrons. The number of aromatic hydroxyl groups is 1. The van der Waals surface area contributed by atoms with Crippen LogP contribution < -0.4 is 5.32 Å². The van der Waals surface area contributed by atoms with E-state index in [-0.39, 0.29) is 24.5 Å². The number of benzene rings is 1. The van der Waals surface area contributed by atoms with Crippen molar-refractivity contribution in [3.8, 4) is 5.75 Å². The third-order valence-corrected chi connectivity index (χ3v) is 2.34. The van der Waals surface area contributed by atoms with E-state index in [1.807, 2.05) is 0 Å². The Morgan fingerprint density at radius 3 is 2.44 bits per heavy atom. The fraction of sp³-hybridized carbons (Fsp3) is 0.231. The van der Waals surface area contributed by atoms with E-state index < -0.39 is 12.0 Å². The normalized spacial score (nSPS) is 11.6. The zero-order chi connectivity index (χ0) is 13.5. The molecule has 0 unspecified atom stereocenters. The molecule has 1 atom stereocenters. The van der Waals surface area contributed by atoms with Crippen molar-refractivity contribution in [1.29, 1.82) is 0 Å². The highest BCUT2D eigenvalue weighted by atomic mass is 16.4. The van der Waals surface area contributed by atoms with Crippen molar-refractivity contribution < 1.29 is 19.8 Å². The monoisotopic (exact) mass is 249 g/mol. The van der Waals surface area contributed by atoms with Gasteiger partial charge in [-0.05, 0) is 17.7 Å². The van der Waals surface area contributed by atoms with Crippen molar-refractivity contribution in [2.75, 3.05) is 0 Å². The lowest BCUT2D eigenvalue weighted by Crippen LogP contribution is -2.42. The maximum atomic E-state index is 11.3. The predicted octanol–water partition coefficient (Wildman–Crippen LogP) is 1.08. The van der Waals surface area contributed by atoms with Crippen molar-refractivity contribution >= 4 is 11.9 Å². The van der Waals surface area contributed by atoms with Crippen LogP contribution in [-0.4, -0.2) is 28.1 Å². The van der Waals surface area contributed by atoms with Gasteiger partial charge < -0.3 is 15.5 Å². The summed E-state index contributed by atoms with van der Waals surface area (Å²) in [5.41, 5.74) is 0.721. The molecule has 0 bridgehead atoms. The molecule has 0 aliphatic heterocycles. The number of hydrogen-bond acceptors (Lipinski definition) is 3.